The third kappa shape index (κ3) is 3.51. The molecule has 0 spiro atoms. The molecule has 0 bridgehead atoms. The molecule has 6 heteroatoms. The van der Waals surface area contributed by atoms with Crippen LogP contribution in [0, 0.1) is 13.8 Å². The molecular weight excluding hydrogens is 348 g/mol. The van der Waals surface area contributed by atoms with Crippen LogP contribution in [0.15, 0.2) is 41.2 Å². The summed E-state index contributed by atoms with van der Waals surface area (Å²) in [5.41, 5.74) is 3.69. The molecular formula is C20H22N2O3S. The van der Waals surface area contributed by atoms with Crippen LogP contribution in [0.2, 0.25) is 0 Å². The summed E-state index contributed by atoms with van der Waals surface area (Å²) in [6, 6.07) is 11.3. The van der Waals surface area contributed by atoms with Gasteiger partial charge in [-0.3, -0.25) is 14.2 Å². The zero-order chi connectivity index (χ0) is 18.8. The Morgan fingerprint density at radius 2 is 2.04 bits per heavy atom. The van der Waals surface area contributed by atoms with Crippen molar-refractivity contribution in [3.05, 3.63) is 57.2 Å². The summed E-state index contributed by atoms with van der Waals surface area (Å²) in [7, 11) is 0. The lowest BCUT2D eigenvalue weighted by atomic mass is 10.1. The van der Waals surface area contributed by atoms with E-state index in [1.165, 1.54) is 11.3 Å². The fourth-order valence-corrected chi connectivity index (χ4v) is 3.78. The van der Waals surface area contributed by atoms with Crippen molar-refractivity contribution >= 4 is 33.1 Å². The summed E-state index contributed by atoms with van der Waals surface area (Å²) in [4.78, 5) is 24.4. The molecule has 1 aromatic heterocycles. The number of carbonyl (C=O) groups is 1. The predicted molar refractivity (Wildman–Crippen MR) is 106 cm³/mol. The molecule has 0 fully saturated rings. The van der Waals surface area contributed by atoms with Gasteiger partial charge in [-0.2, -0.15) is 0 Å². The van der Waals surface area contributed by atoms with E-state index in [0.29, 0.717) is 18.0 Å². The Morgan fingerprint density at radius 3 is 2.77 bits per heavy atom. The van der Waals surface area contributed by atoms with Crippen molar-refractivity contribution in [3.8, 4) is 5.75 Å². The molecule has 2 aromatic carbocycles. The van der Waals surface area contributed by atoms with Crippen LogP contribution < -0.4 is 14.9 Å². The van der Waals surface area contributed by atoms with Crippen molar-refractivity contribution in [2.24, 2.45) is 0 Å². The summed E-state index contributed by atoms with van der Waals surface area (Å²) in [6.45, 7) is 8.28. The second-order valence-corrected chi connectivity index (χ2v) is 7.24. The van der Waals surface area contributed by atoms with Crippen LogP contribution in [0.25, 0.3) is 10.2 Å². The molecule has 1 heterocycles. The number of rotatable bonds is 5. The highest BCUT2D eigenvalue weighted by Crippen LogP contribution is 2.24. The minimum absolute atomic E-state index is 0.0117. The number of thiazole rings is 1. The topological polar surface area (TPSA) is 60.3 Å². The van der Waals surface area contributed by atoms with Crippen LogP contribution in [0.3, 0.4) is 0 Å². The van der Waals surface area contributed by atoms with Gasteiger partial charge in [0.1, 0.15) is 5.75 Å². The van der Waals surface area contributed by atoms with Crippen LogP contribution in [-0.4, -0.2) is 16.6 Å². The lowest BCUT2D eigenvalue weighted by Gasteiger charge is -2.17. The molecule has 0 saturated carbocycles. The average molecular weight is 370 g/mol. The highest BCUT2D eigenvalue weighted by molar-refractivity contribution is 7.16. The Bertz CT molecular complexity index is 1020. The average Bonchev–Trinajstić information content (AvgIpc) is 2.93. The van der Waals surface area contributed by atoms with Gasteiger partial charge >= 0.3 is 4.87 Å². The number of anilines is 1. The first-order valence-corrected chi connectivity index (χ1v) is 9.39. The second kappa shape index (κ2) is 7.33. The SMILES string of the molecule is CCn1c(=O)sc2cc(NC(=O)[C@@H](C)Oc3cccc(C)c3C)ccc21. The summed E-state index contributed by atoms with van der Waals surface area (Å²) < 4.78 is 8.40. The molecule has 0 aliphatic heterocycles. The number of aromatic nitrogens is 1. The third-order valence-electron chi connectivity index (χ3n) is 4.48. The Hall–Kier alpha value is -2.60. The van der Waals surface area contributed by atoms with Crippen LogP contribution >= 0.6 is 11.3 Å². The zero-order valence-corrected chi connectivity index (χ0v) is 16.1. The number of amides is 1. The number of nitrogens with one attached hydrogen (secondary N) is 1. The number of hydrogen-bond donors (Lipinski definition) is 1. The molecule has 3 rings (SSSR count). The highest BCUT2D eigenvalue weighted by Gasteiger charge is 2.17. The highest BCUT2D eigenvalue weighted by atomic mass is 32.1. The van der Waals surface area contributed by atoms with Crippen LogP contribution in [0.4, 0.5) is 5.69 Å². The molecule has 3 aromatic rings. The van der Waals surface area contributed by atoms with Gasteiger partial charge in [-0.25, -0.2) is 0 Å². The number of aryl methyl sites for hydroxylation is 2. The van der Waals surface area contributed by atoms with Gasteiger partial charge < -0.3 is 10.1 Å². The van der Waals surface area contributed by atoms with Crippen molar-refractivity contribution in [1.82, 2.24) is 4.57 Å². The number of hydrogen-bond acceptors (Lipinski definition) is 4. The standard InChI is InChI=1S/C20H22N2O3S/c1-5-22-16-10-9-15(11-18(16)26-20(22)24)21-19(23)14(4)25-17-8-6-7-12(2)13(17)3/h6-11,14H,5H2,1-4H3,(H,21,23)/t14-/m1/s1. The summed E-state index contributed by atoms with van der Waals surface area (Å²) in [6.07, 6.45) is -0.634. The van der Waals surface area contributed by atoms with E-state index in [1.807, 2.05) is 57.2 Å². The molecule has 0 unspecified atom stereocenters. The Labute approximate surface area is 156 Å². The molecule has 5 nitrogen and oxygen atoms in total. The van der Waals surface area contributed by atoms with E-state index in [0.717, 1.165) is 21.3 Å². The zero-order valence-electron chi connectivity index (χ0n) is 15.3. The van der Waals surface area contributed by atoms with Crippen molar-refractivity contribution in [2.75, 3.05) is 5.32 Å². The molecule has 0 saturated heterocycles. The summed E-state index contributed by atoms with van der Waals surface area (Å²) >= 11 is 1.18. The molecule has 1 N–H and O–H groups in total. The smallest absolute Gasteiger partial charge is 0.308 e. The number of benzene rings is 2. The first-order valence-electron chi connectivity index (χ1n) is 8.57. The third-order valence-corrected chi connectivity index (χ3v) is 5.42. The fraction of sp³-hybridized carbons (Fsp3) is 0.300. The van der Waals surface area contributed by atoms with Crippen molar-refractivity contribution in [3.63, 3.8) is 0 Å². The van der Waals surface area contributed by atoms with E-state index < -0.39 is 6.10 Å². The predicted octanol–water partition coefficient (Wildman–Crippen LogP) is 4.11. The van der Waals surface area contributed by atoms with Gasteiger partial charge in [0.2, 0.25) is 0 Å². The lowest BCUT2D eigenvalue weighted by Crippen LogP contribution is -2.30. The second-order valence-electron chi connectivity index (χ2n) is 6.24. The van der Waals surface area contributed by atoms with Crippen LogP contribution in [-0.2, 0) is 11.3 Å². The van der Waals surface area contributed by atoms with E-state index in [4.69, 9.17) is 4.74 Å². The first-order chi connectivity index (χ1) is 12.4. The van der Waals surface area contributed by atoms with E-state index in [-0.39, 0.29) is 10.8 Å². The molecule has 1 amide bonds. The van der Waals surface area contributed by atoms with Gasteiger partial charge in [-0.15, -0.1) is 0 Å². The van der Waals surface area contributed by atoms with E-state index in [1.54, 1.807) is 11.5 Å². The van der Waals surface area contributed by atoms with Gasteiger partial charge in [-0.05, 0) is 63.1 Å². The molecule has 1 atom stereocenters. The van der Waals surface area contributed by atoms with Crippen molar-refractivity contribution in [1.29, 1.82) is 0 Å². The van der Waals surface area contributed by atoms with Gasteiger partial charge in [-0.1, -0.05) is 23.5 Å². The Balaban J connectivity index is 1.75. The number of nitrogens with zero attached hydrogens (tertiary/aromatic N) is 1. The Kier molecular flexibility index (Phi) is 5.13. The molecule has 0 aliphatic rings. The Morgan fingerprint density at radius 1 is 1.27 bits per heavy atom. The minimum atomic E-state index is -0.634. The van der Waals surface area contributed by atoms with Crippen LogP contribution in [0.5, 0.6) is 5.75 Å². The first kappa shape index (κ1) is 18.2. The monoisotopic (exact) mass is 370 g/mol. The summed E-state index contributed by atoms with van der Waals surface area (Å²) in [5, 5.41) is 2.87. The quantitative estimate of drug-likeness (QED) is 0.735. The minimum Gasteiger partial charge on any atom is -0.481 e. The van der Waals surface area contributed by atoms with Gasteiger partial charge in [0.25, 0.3) is 5.91 Å². The molecule has 136 valence electrons. The maximum atomic E-state index is 12.5. The van der Waals surface area contributed by atoms with Crippen molar-refractivity contribution in [2.45, 2.75) is 40.3 Å². The normalized spacial score (nSPS) is 12.2. The maximum Gasteiger partial charge on any atom is 0.308 e. The maximum absolute atomic E-state index is 12.5. The largest absolute Gasteiger partial charge is 0.481 e. The number of fused-ring (bicyclic) bond motifs is 1. The van der Waals surface area contributed by atoms with Crippen LogP contribution in [0.1, 0.15) is 25.0 Å². The van der Waals surface area contributed by atoms with E-state index in [9.17, 15) is 9.59 Å². The number of ether oxygens (including phenoxy) is 1. The van der Waals surface area contributed by atoms with E-state index in [2.05, 4.69) is 5.32 Å². The number of carbonyl (C=O) groups excluding carboxylic acids is 1. The lowest BCUT2D eigenvalue weighted by molar-refractivity contribution is -0.122. The van der Waals surface area contributed by atoms with E-state index >= 15 is 0 Å². The van der Waals surface area contributed by atoms with Gasteiger partial charge in [0, 0.05) is 12.2 Å². The molecule has 0 aliphatic carbocycles. The fourth-order valence-electron chi connectivity index (χ4n) is 2.78. The molecule has 26 heavy (non-hydrogen) atoms. The molecule has 0 radical (unpaired) electrons. The summed E-state index contributed by atoms with van der Waals surface area (Å²) in [5.74, 6) is 0.480. The van der Waals surface area contributed by atoms with Gasteiger partial charge in [0.05, 0.1) is 10.2 Å². The van der Waals surface area contributed by atoms with Crippen molar-refractivity contribution < 1.29 is 9.53 Å². The van der Waals surface area contributed by atoms with Gasteiger partial charge in [0.15, 0.2) is 6.10 Å².